The summed E-state index contributed by atoms with van der Waals surface area (Å²) in [5, 5.41) is 6.48. The monoisotopic (exact) mass is 268 g/mol. The fourth-order valence-electron chi connectivity index (χ4n) is 3.13. The molecule has 1 saturated carbocycles. The Morgan fingerprint density at radius 2 is 2.21 bits per heavy atom. The summed E-state index contributed by atoms with van der Waals surface area (Å²) >= 11 is 0. The van der Waals surface area contributed by atoms with Crippen LogP contribution >= 0.6 is 0 Å². The van der Waals surface area contributed by atoms with Gasteiger partial charge in [-0.25, -0.2) is 0 Å². The number of hydrogen-bond donors (Lipinski definition) is 2. The molecule has 2 rings (SSSR count). The van der Waals surface area contributed by atoms with Gasteiger partial charge in [-0.3, -0.25) is 4.79 Å². The first-order chi connectivity index (χ1) is 9.28. The van der Waals surface area contributed by atoms with Gasteiger partial charge < -0.3 is 15.4 Å². The molecule has 2 aliphatic rings. The summed E-state index contributed by atoms with van der Waals surface area (Å²) in [5.74, 6) is 1.52. The quantitative estimate of drug-likeness (QED) is 0.739. The lowest BCUT2D eigenvalue weighted by Crippen LogP contribution is -2.37. The Bertz CT molecular complexity index is 271. The molecule has 1 atom stereocenters. The van der Waals surface area contributed by atoms with Crippen LogP contribution in [0.3, 0.4) is 0 Å². The number of nitrogens with one attached hydrogen (secondary N) is 2. The van der Waals surface area contributed by atoms with Crippen LogP contribution < -0.4 is 10.6 Å². The number of amides is 1. The molecule has 1 unspecified atom stereocenters. The van der Waals surface area contributed by atoms with Gasteiger partial charge in [0.05, 0.1) is 6.10 Å². The smallest absolute Gasteiger partial charge is 0.220 e. The van der Waals surface area contributed by atoms with E-state index in [-0.39, 0.29) is 5.91 Å². The molecule has 1 aliphatic heterocycles. The lowest BCUT2D eigenvalue weighted by Gasteiger charge is -2.34. The Hall–Kier alpha value is -0.610. The van der Waals surface area contributed by atoms with Crippen LogP contribution in [0.25, 0.3) is 0 Å². The van der Waals surface area contributed by atoms with E-state index in [0.29, 0.717) is 18.4 Å². The average molecular weight is 268 g/mol. The highest BCUT2D eigenvalue weighted by Crippen LogP contribution is 2.32. The fraction of sp³-hybridized carbons (Fsp3) is 0.933. The van der Waals surface area contributed by atoms with Crippen LogP contribution in [0, 0.1) is 11.8 Å². The van der Waals surface area contributed by atoms with Crippen molar-refractivity contribution < 1.29 is 9.53 Å². The van der Waals surface area contributed by atoms with Crippen molar-refractivity contribution >= 4 is 5.91 Å². The van der Waals surface area contributed by atoms with Gasteiger partial charge in [0.1, 0.15) is 0 Å². The zero-order chi connectivity index (χ0) is 13.5. The molecule has 0 aromatic rings. The van der Waals surface area contributed by atoms with Crippen molar-refractivity contribution in [3.05, 3.63) is 0 Å². The van der Waals surface area contributed by atoms with E-state index in [1.807, 2.05) is 6.92 Å². The summed E-state index contributed by atoms with van der Waals surface area (Å²) in [5.41, 5.74) is 0. The summed E-state index contributed by atoms with van der Waals surface area (Å²) in [6, 6.07) is 0. The van der Waals surface area contributed by atoms with Crippen LogP contribution in [0.2, 0.25) is 0 Å². The van der Waals surface area contributed by atoms with Gasteiger partial charge in [0.2, 0.25) is 5.91 Å². The van der Waals surface area contributed by atoms with Crippen LogP contribution in [0.4, 0.5) is 0 Å². The zero-order valence-corrected chi connectivity index (χ0v) is 12.1. The highest BCUT2D eigenvalue weighted by molar-refractivity contribution is 5.76. The van der Waals surface area contributed by atoms with Crippen LogP contribution in [0.5, 0.6) is 0 Å². The first kappa shape index (κ1) is 14.8. The van der Waals surface area contributed by atoms with Crippen molar-refractivity contribution in [3.8, 4) is 0 Å². The van der Waals surface area contributed by atoms with Crippen molar-refractivity contribution in [1.29, 1.82) is 0 Å². The molecule has 0 aromatic heterocycles. The minimum absolute atomic E-state index is 0.226. The Labute approximate surface area is 116 Å². The molecular weight excluding hydrogens is 240 g/mol. The Morgan fingerprint density at radius 1 is 1.37 bits per heavy atom. The molecular formula is C15H28N2O2. The molecule has 1 aliphatic carbocycles. The van der Waals surface area contributed by atoms with Gasteiger partial charge in [-0.05, 0) is 64.0 Å². The van der Waals surface area contributed by atoms with E-state index in [4.69, 9.17) is 4.74 Å². The van der Waals surface area contributed by atoms with Crippen LogP contribution in [-0.4, -0.2) is 38.3 Å². The maximum absolute atomic E-state index is 11.8. The van der Waals surface area contributed by atoms with Crippen molar-refractivity contribution in [1.82, 2.24) is 10.6 Å². The third-order valence-electron chi connectivity index (χ3n) is 4.34. The first-order valence-corrected chi connectivity index (χ1v) is 7.87. The van der Waals surface area contributed by atoms with Crippen LogP contribution in [-0.2, 0) is 9.53 Å². The van der Waals surface area contributed by atoms with Crippen LogP contribution in [0.15, 0.2) is 0 Å². The molecule has 0 spiro atoms. The van der Waals surface area contributed by atoms with Gasteiger partial charge in [-0.15, -0.1) is 0 Å². The van der Waals surface area contributed by atoms with Gasteiger partial charge in [-0.1, -0.05) is 0 Å². The van der Waals surface area contributed by atoms with Gasteiger partial charge in [0.25, 0.3) is 0 Å². The molecule has 110 valence electrons. The van der Waals surface area contributed by atoms with E-state index in [1.165, 1.54) is 12.8 Å². The molecule has 4 nitrogen and oxygen atoms in total. The first-order valence-electron chi connectivity index (χ1n) is 7.87. The van der Waals surface area contributed by atoms with E-state index in [9.17, 15) is 4.79 Å². The molecule has 1 heterocycles. The standard InChI is InChI=1S/C15H28N2O2/c1-2-19-14-8-13(9-14)10-15(18)17-7-5-12-4-3-6-16-11-12/h12-14,16H,2-11H2,1H3,(H,17,18). The number of piperidine rings is 1. The maximum Gasteiger partial charge on any atom is 0.220 e. The third kappa shape index (κ3) is 5.11. The number of rotatable bonds is 7. The second-order valence-electron chi connectivity index (χ2n) is 5.97. The molecule has 2 N–H and O–H groups in total. The highest BCUT2D eigenvalue weighted by atomic mass is 16.5. The van der Waals surface area contributed by atoms with Gasteiger partial charge in [-0.2, -0.15) is 0 Å². The lowest BCUT2D eigenvalue weighted by molar-refractivity contribution is -0.124. The maximum atomic E-state index is 11.8. The summed E-state index contributed by atoms with van der Waals surface area (Å²) in [4.78, 5) is 11.8. The number of ether oxygens (including phenoxy) is 1. The van der Waals surface area contributed by atoms with Crippen molar-refractivity contribution in [2.24, 2.45) is 11.8 Å². The van der Waals surface area contributed by atoms with E-state index in [1.54, 1.807) is 0 Å². The van der Waals surface area contributed by atoms with Crippen LogP contribution in [0.1, 0.15) is 45.4 Å². The zero-order valence-electron chi connectivity index (χ0n) is 12.1. The molecule has 1 amide bonds. The molecule has 1 saturated heterocycles. The normalized spacial score (nSPS) is 30.7. The second kappa shape index (κ2) is 7.85. The Kier molecular flexibility index (Phi) is 6.11. The van der Waals surface area contributed by atoms with Gasteiger partial charge >= 0.3 is 0 Å². The van der Waals surface area contributed by atoms with Crippen molar-refractivity contribution in [2.45, 2.75) is 51.6 Å². The summed E-state index contributed by atoms with van der Waals surface area (Å²) in [6.07, 6.45) is 6.93. The summed E-state index contributed by atoms with van der Waals surface area (Å²) < 4.78 is 5.51. The predicted octanol–water partition coefficient (Wildman–Crippen LogP) is 1.70. The highest BCUT2D eigenvalue weighted by Gasteiger charge is 2.30. The van der Waals surface area contributed by atoms with Gasteiger partial charge in [0.15, 0.2) is 0 Å². The van der Waals surface area contributed by atoms with E-state index < -0.39 is 0 Å². The number of carbonyl (C=O) groups excluding carboxylic acids is 1. The van der Waals surface area contributed by atoms with Crippen molar-refractivity contribution in [3.63, 3.8) is 0 Å². The Balaban J connectivity index is 1.48. The van der Waals surface area contributed by atoms with E-state index in [2.05, 4.69) is 10.6 Å². The molecule has 0 aromatic carbocycles. The summed E-state index contributed by atoms with van der Waals surface area (Å²) in [6.45, 7) is 5.94. The second-order valence-corrected chi connectivity index (χ2v) is 5.97. The third-order valence-corrected chi connectivity index (χ3v) is 4.34. The van der Waals surface area contributed by atoms with Gasteiger partial charge in [0, 0.05) is 19.6 Å². The minimum Gasteiger partial charge on any atom is -0.378 e. The SMILES string of the molecule is CCOC1CC(CC(=O)NCCC2CCCNC2)C1. The van der Waals surface area contributed by atoms with E-state index in [0.717, 1.165) is 51.4 Å². The Morgan fingerprint density at radius 3 is 2.89 bits per heavy atom. The predicted molar refractivity (Wildman–Crippen MR) is 76.0 cm³/mol. The number of carbonyl (C=O) groups is 1. The molecule has 19 heavy (non-hydrogen) atoms. The largest absolute Gasteiger partial charge is 0.378 e. The fourth-order valence-corrected chi connectivity index (χ4v) is 3.13. The van der Waals surface area contributed by atoms with Crippen molar-refractivity contribution in [2.75, 3.05) is 26.2 Å². The minimum atomic E-state index is 0.226. The molecule has 0 bridgehead atoms. The average Bonchev–Trinajstić information content (AvgIpc) is 2.37. The summed E-state index contributed by atoms with van der Waals surface area (Å²) in [7, 11) is 0. The topological polar surface area (TPSA) is 50.4 Å². The lowest BCUT2D eigenvalue weighted by atomic mass is 9.80. The molecule has 2 fully saturated rings. The molecule has 0 radical (unpaired) electrons. The number of hydrogen-bond acceptors (Lipinski definition) is 3. The van der Waals surface area contributed by atoms with E-state index >= 15 is 0 Å². The molecule has 4 heteroatoms.